The molecular formula is C54H96O6P2S. The van der Waals surface area contributed by atoms with E-state index in [1.165, 1.54) is 98.6 Å². The van der Waals surface area contributed by atoms with E-state index in [4.69, 9.17) is 9.05 Å². The summed E-state index contributed by atoms with van der Waals surface area (Å²) in [5.74, 6) is 4.29. The van der Waals surface area contributed by atoms with Crippen LogP contribution in [0.2, 0.25) is 0 Å². The van der Waals surface area contributed by atoms with Gasteiger partial charge in [0.15, 0.2) is 0 Å². The maximum Gasteiger partial charge on any atom is 0.391 e. The Bertz CT molecular complexity index is 1570. The van der Waals surface area contributed by atoms with E-state index in [-0.39, 0.29) is 10.8 Å². The number of unbranched alkanes of at least 4 members (excludes halogenated alkanes) is 8. The van der Waals surface area contributed by atoms with Crippen molar-refractivity contribution in [2.24, 2.45) is 23.7 Å². The fourth-order valence-electron chi connectivity index (χ4n) is 9.20. The van der Waals surface area contributed by atoms with Gasteiger partial charge in [0.2, 0.25) is 0 Å². The molecule has 0 aliphatic carbocycles. The molecule has 0 radical (unpaired) electrons. The van der Waals surface area contributed by atoms with E-state index in [1.54, 1.807) is 0 Å². The van der Waals surface area contributed by atoms with Crippen LogP contribution in [0.5, 0.6) is 11.5 Å². The summed E-state index contributed by atoms with van der Waals surface area (Å²) in [5.41, 5.74) is 6.35. The van der Waals surface area contributed by atoms with Crippen molar-refractivity contribution in [3.63, 3.8) is 0 Å². The Morgan fingerprint density at radius 2 is 0.937 bits per heavy atom. The zero-order chi connectivity index (χ0) is 47.5. The predicted molar refractivity (Wildman–Crippen MR) is 276 cm³/mol. The van der Waals surface area contributed by atoms with Gasteiger partial charge in [-0.1, -0.05) is 199 Å². The standard InChI is InChI=1S/C54H96O6P2S/c1-38(2)28-20-16-24-32-43(33-25-17-21-29-39(3)4)49-44(34-26-18-22-30-40(5)6)51(60-62(57)58)50(54(13,14)15)45(35-27-19-23-31-41(7)8)52(49)63-48-37-46(53(10,11)12)47(36-42(48)9)59-61(55)56/h36-41,43,55-58H,16-35H2,1-15H3. The average Bonchev–Trinajstić information content (AvgIpc) is 3.13. The van der Waals surface area contributed by atoms with Crippen LogP contribution >= 0.6 is 29.0 Å². The number of aryl methyl sites for hydroxylation is 1. The van der Waals surface area contributed by atoms with Gasteiger partial charge in [0.1, 0.15) is 11.5 Å². The molecule has 2 aromatic rings. The van der Waals surface area contributed by atoms with Crippen LogP contribution in [0.1, 0.15) is 252 Å². The van der Waals surface area contributed by atoms with Crippen LogP contribution in [0.25, 0.3) is 0 Å². The summed E-state index contributed by atoms with van der Waals surface area (Å²) < 4.78 is 12.2. The lowest BCUT2D eigenvalue weighted by molar-refractivity contribution is 0.364. The highest BCUT2D eigenvalue weighted by molar-refractivity contribution is 7.99. The number of rotatable bonds is 31. The fraction of sp³-hybridized carbons (Fsp3) is 0.778. The van der Waals surface area contributed by atoms with Crippen LogP contribution in [0.4, 0.5) is 0 Å². The van der Waals surface area contributed by atoms with E-state index in [9.17, 15) is 19.6 Å². The molecule has 0 spiro atoms. The molecule has 2 aromatic carbocycles. The molecule has 0 unspecified atom stereocenters. The summed E-state index contributed by atoms with van der Waals surface area (Å²) in [6.07, 6.45) is 22.8. The first-order valence-corrected chi connectivity index (χ1v) is 28.3. The molecule has 0 aliphatic heterocycles. The lowest BCUT2D eigenvalue weighted by Gasteiger charge is -2.35. The molecule has 0 saturated heterocycles. The molecule has 63 heavy (non-hydrogen) atoms. The molecule has 6 nitrogen and oxygen atoms in total. The second-order valence-electron chi connectivity index (χ2n) is 22.6. The minimum Gasteiger partial charge on any atom is -0.427 e. The van der Waals surface area contributed by atoms with Crippen LogP contribution in [-0.2, 0) is 23.7 Å². The average molecular weight is 935 g/mol. The molecule has 0 aromatic heterocycles. The van der Waals surface area contributed by atoms with E-state index in [1.807, 2.05) is 17.8 Å². The van der Waals surface area contributed by atoms with Gasteiger partial charge in [-0.3, -0.25) is 0 Å². The van der Waals surface area contributed by atoms with Crippen molar-refractivity contribution < 1.29 is 28.6 Å². The van der Waals surface area contributed by atoms with Crippen molar-refractivity contribution in [2.75, 3.05) is 0 Å². The topological polar surface area (TPSA) is 99.4 Å². The molecule has 364 valence electrons. The normalized spacial score (nSPS) is 12.8. The number of hydrogen-bond acceptors (Lipinski definition) is 7. The number of hydrogen-bond donors (Lipinski definition) is 4. The summed E-state index contributed by atoms with van der Waals surface area (Å²) in [4.78, 5) is 44.3. The zero-order valence-electron chi connectivity index (χ0n) is 43.1. The molecule has 2 rings (SSSR count). The van der Waals surface area contributed by atoms with Gasteiger partial charge >= 0.3 is 17.2 Å². The van der Waals surface area contributed by atoms with E-state index < -0.39 is 17.2 Å². The van der Waals surface area contributed by atoms with Crippen LogP contribution in [0.3, 0.4) is 0 Å². The SMILES string of the molecule is Cc1cc(OP(O)O)c(C(C)(C)C)cc1Sc1c(CCCCCC(C)C)c(C(C)(C)C)c(OP(O)O)c(CCCCCC(C)C)c1C(CCCCCC(C)C)CCCCCC(C)C. The molecule has 0 saturated carbocycles. The minimum atomic E-state index is -2.65. The molecule has 4 N–H and O–H groups in total. The Hall–Kier alpha value is -0.910. The van der Waals surface area contributed by atoms with Gasteiger partial charge in [0.25, 0.3) is 0 Å². The molecule has 0 amide bonds. The van der Waals surface area contributed by atoms with Crippen molar-refractivity contribution in [1.29, 1.82) is 0 Å². The third-order valence-corrected chi connectivity index (χ3v) is 14.6. The van der Waals surface area contributed by atoms with Crippen molar-refractivity contribution in [1.82, 2.24) is 0 Å². The number of benzene rings is 2. The Kier molecular flexibility index (Phi) is 26.9. The second kappa shape index (κ2) is 29.1. The Morgan fingerprint density at radius 3 is 1.33 bits per heavy atom. The van der Waals surface area contributed by atoms with Gasteiger partial charge in [-0.15, -0.1) is 0 Å². The van der Waals surface area contributed by atoms with E-state index in [2.05, 4.69) is 110 Å². The predicted octanol–water partition coefficient (Wildman–Crippen LogP) is 17.7. The van der Waals surface area contributed by atoms with Crippen molar-refractivity contribution >= 4 is 29.0 Å². The van der Waals surface area contributed by atoms with Gasteiger partial charge in [-0.05, 0) is 120 Å². The summed E-state index contributed by atoms with van der Waals surface area (Å²) in [7, 11) is -5.23. The second-order valence-corrected chi connectivity index (χ2v) is 25.0. The monoisotopic (exact) mass is 935 g/mol. The van der Waals surface area contributed by atoms with Crippen molar-refractivity contribution in [3.05, 3.63) is 45.5 Å². The fourth-order valence-corrected chi connectivity index (χ4v) is 11.2. The van der Waals surface area contributed by atoms with Crippen LogP contribution in [-0.4, -0.2) is 19.6 Å². The Balaban J connectivity index is 3.19. The lowest BCUT2D eigenvalue weighted by Crippen LogP contribution is -2.21. The lowest BCUT2D eigenvalue weighted by atomic mass is 9.75. The van der Waals surface area contributed by atoms with Crippen molar-refractivity contribution in [2.45, 2.75) is 259 Å². The Morgan fingerprint density at radius 1 is 0.524 bits per heavy atom. The van der Waals surface area contributed by atoms with Crippen molar-refractivity contribution in [3.8, 4) is 11.5 Å². The first-order valence-electron chi connectivity index (χ1n) is 25.2. The van der Waals surface area contributed by atoms with E-state index in [0.29, 0.717) is 35.3 Å². The molecule has 0 heterocycles. The quantitative estimate of drug-likeness (QED) is 0.0441. The highest BCUT2D eigenvalue weighted by Crippen LogP contribution is 2.54. The first-order chi connectivity index (χ1) is 29.4. The van der Waals surface area contributed by atoms with Crippen LogP contribution < -0.4 is 9.05 Å². The largest absolute Gasteiger partial charge is 0.427 e. The first kappa shape index (κ1) is 58.2. The van der Waals surface area contributed by atoms with Crippen LogP contribution in [0, 0.1) is 30.6 Å². The summed E-state index contributed by atoms with van der Waals surface area (Å²) in [6, 6.07) is 4.24. The third kappa shape index (κ3) is 21.7. The summed E-state index contributed by atoms with van der Waals surface area (Å²) in [5, 5.41) is 0. The maximum atomic E-state index is 10.9. The van der Waals surface area contributed by atoms with Gasteiger partial charge in [0, 0.05) is 20.9 Å². The summed E-state index contributed by atoms with van der Waals surface area (Å²) >= 11 is 1.89. The highest BCUT2D eigenvalue weighted by Gasteiger charge is 2.35. The minimum absolute atomic E-state index is 0.299. The maximum absolute atomic E-state index is 10.9. The molecule has 0 fully saturated rings. The highest BCUT2D eigenvalue weighted by atomic mass is 32.2. The molecule has 0 atom stereocenters. The van der Waals surface area contributed by atoms with Gasteiger partial charge in [0.05, 0.1) is 0 Å². The van der Waals surface area contributed by atoms with Crippen LogP contribution in [0.15, 0.2) is 21.9 Å². The van der Waals surface area contributed by atoms with Gasteiger partial charge in [-0.25, -0.2) is 0 Å². The third-order valence-electron chi connectivity index (χ3n) is 12.5. The van der Waals surface area contributed by atoms with E-state index in [0.717, 1.165) is 78.7 Å². The summed E-state index contributed by atoms with van der Waals surface area (Å²) in [6.45, 7) is 33.9. The van der Waals surface area contributed by atoms with Gasteiger partial charge < -0.3 is 28.6 Å². The molecular weight excluding hydrogens is 839 g/mol. The van der Waals surface area contributed by atoms with E-state index >= 15 is 0 Å². The molecule has 0 aliphatic rings. The molecule has 0 bridgehead atoms. The smallest absolute Gasteiger partial charge is 0.391 e. The zero-order valence-corrected chi connectivity index (χ0v) is 45.7. The van der Waals surface area contributed by atoms with Gasteiger partial charge in [-0.2, -0.15) is 0 Å². The molecule has 9 heteroatoms. The Labute approximate surface area is 395 Å².